The largest absolute Gasteiger partial charge is 0.382 e. The van der Waals surface area contributed by atoms with Crippen molar-refractivity contribution in [3.63, 3.8) is 0 Å². The minimum atomic E-state index is -0.598. The van der Waals surface area contributed by atoms with Crippen molar-refractivity contribution in [2.45, 2.75) is 0 Å². The highest BCUT2D eigenvalue weighted by Crippen LogP contribution is 2.15. The van der Waals surface area contributed by atoms with Crippen LogP contribution in [0.15, 0.2) is 6.33 Å². The van der Waals surface area contributed by atoms with Crippen molar-refractivity contribution in [2.75, 3.05) is 5.73 Å². The fraction of sp³-hybridized carbons (Fsp3) is 0. The molecule has 0 aliphatic heterocycles. The molecule has 2 aromatic rings. The van der Waals surface area contributed by atoms with Gasteiger partial charge in [0.25, 0.3) is 0 Å². The first kappa shape index (κ1) is 5.90. The zero-order valence-electron chi connectivity index (χ0n) is 5.40. The Bertz CT molecular complexity index is 395. The summed E-state index contributed by atoms with van der Waals surface area (Å²) in [7, 11) is 0. The van der Waals surface area contributed by atoms with Crippen LogP contribution in [-0.2, 0) is 5.11 Å². The van der Waals surface area contributed by atoms with Crippen LogP contribution in [0.4, 0.5) is 5.82 Å². The number of hydrogen-bond acceptors (Lipinski definition) is 4. The maximum absolute atomic E-state index is 10.7. The molecule has 2 heterocycles. The summed E-state index contributed by atoms with van der Waals surface area (Å²) in [6.45, 7) is 0. The Kier molecular flexibility index (Phi) is 0.974. The molecule has 0 spiro atoms. The van der Waals surface area contributed by atoms with Crippen LogP contribution < -0.4 is 5.73 Å². The molecular weight excluding hydrogens is 146 g/mol. The molecule has 3 N–H and O–H groups in total. The molecule has 0 aliphatic carbocycles. The summed E-state index contributed by atoms with van der Waals surface area (Å²) in [6, 6.07) is -0.598. The Hall–Kier alpha value is -1.85. The van der Waals surface area contributed by atoms with Gasteiger partial charge < -0.3 is 10.7 Å². The highest BCUT2D eigenvalue weighted by Gasteiger charge is 2.05. The molecule has 0 bridgehead atoms. The molecule has 0 fully saturated rings. The van der Waals surface area contributed by atoms with Gasteiger partial charge in [0.05, 0.1) is 6.33 Å². The molecule has 0 aliphatic rings. The van der Waals surface area contributed by atoms with E-state index in [4.69, 9.17) is 5.73 Å². The number of nitrogen functional groups attached to an aromatic ring is 1. The van der Waals surface area contributed by atoms with Crippen LogP contribution in [0, 0.1) is 0 Å². The lowest BCUT2D eigenvalue weighted by molar-refractivity contribution is 0.321. The Morgan fingerprint density at radius 3 is 3.09 bits per heavy atom. The van der Waals surface area contributed by atoms with Gasteiger partial charge in [-0.2, -0.15) is 9.97 Å². The van der Waals surface area contributed by atoms with Crippen molar-refractivity contribution >= 4 is 17.0 Å². The number of hydrogen-bond donors (Lipinski definition) is 2. The highest BCUT2D eigenvalue weighted by molar-refractivity contribution is 5.80. The van der Waals surface area contributed by atoms with Crippen LogP contribution in [0.1, 0.15) is 0 Å². The summed E-state index contributed by atoms with van der Waals surface area (Å²) >= 11 is 0. The van der Waals surface area contributed by atoms with E-state index in [0.717, 1.165) is 0 Å². The monoisotopic (exact) mass is 150 g/mol. The second kappa shape index (κ2) is 1.82. The van der Waals surface area contributed by atoms with Gasteiger partial charge in [-0.05, 0) is 0 Å². The maximum atomic E-state index is 10.7. The summed E-state index contributed by atoms with van der Waals surface area (Å²) in [6.07, 6.45) is 1.41. The van der Waals surface area contributed by atoms with Crippen molar-refractivity contribution in [1.82, 2.24) is 19.9 Å². The van der Waals surface area contributed by atoms with E-state index < -0.39 is 6.01 Å². The van der Waals surface area contributed by atoms with Crippen molar-refractivity contribution in [2.24, 2.45) is 0 Å². The molecule has 2 aromatic heterocycles. The van der Waals surface area contributed by atoms with E-state index in [9.17, 15) is 5.11 Å². The lowest BCUT2D eigenvalue weighted by atomic mass is 10.5. The molecule has 0 aromatic carbocycles. The second-order valence-corrected chi connectivity index (χ2v) is 1.99. The first-order valence-corrected chi connectivity index (χ1v) is 2.91. The van der Waals surface area contributed by atoms with Gasteiger partial charge in [-0.25, -0.2) is 10.1 Å². The normalized spacial score (nSPS) is 10.5. The van der Waals surface area contributed by atoms with Crippen molar-refractivity contribution in [3.05, 3.63) is 6.33 Å². The molecule has 0 amide bonds. The Labute approximate surface area is 61.1 Å². The minimum Gasteiger partial charge on any atom is -0.382 e. The Morgan fingerprint density at radius 2 is 2.27 bits per heavy atom. The molecular formula is C5H4N5O. The fourth-order valence-electron chi connectivity index (χ4n) is 0.837. The van der Waals surface area contributed by atoms with Crippen LogP contribution in [0.2, 0.25) is 0 Å². The smallest absolute Gasteiger partial charge is 0.371 e. The molecule has 0 atom stereocenters. The third kappa shape index (κ3) is 0.759. The topological polar surface area (TPSA) is 100 Å². The molecule has 0 unspecified atom stereocenters. The fourth-order valence-corrected chi connectivity index (χ4v) is 0.837. The van der Waals surface area contributed by atoms with Crippen molar-refractivity contribution in [3.8, 4) is 6.01 Å². The molecule has 6 nitrogen and oxygen atoms in total. The lowest BCUT2D eigenvalue weighted by Crippen LogP contribution is -1.92. The van der Waals surface area contributed by atoms with Gasteiger partial charge in [0.1, 0.15) is 5.52 Å². The van der Waals surface area contributed by atoms with E-state index in [-0.39, 0.29) is 5.82 Å². The summed E-state index contributed by atoms with van der Waals surface area (Å²) in [5, 5.41) is 10.7. The molecule has 6 heteroatoms. The first-order chi connectivity index (χ1) is 5.27. The number of nitrogens with one attached hydrogen (secondary N) is 1. The molecule has 2 rings (SSSR count). The van der Waals surface area contributed by atoms with Crippen LogP contribution in [0.25, 0.3) is 11.2 Å². The lowest BCUT2D eigenvalue weighted by Gasteiger charge is -1.90. The summed E-state index contributed by atoms with van der Waals surface area (Å²) < 4.78 is 0. The molecule has 0 saturated heterocycles. The van der Waals surface area contributed by atoms with Gasteiger partial charge in [-0.3, -0.25) is 0 Å². The number of rotatable bonds is 0. The van der Waals surface area contributed by atoms with E-state index in [1.54, 1.807) is 0 Å². The van der Waals surface area contributed by atoms with E-state index >= 15 is 0 Å². The zero-order chi connectivity index (χ0) is 7.84. The average molecular weight is 150 g/mol. The minimum absolute atomic E-state index is 0.112. The van der Waals surface area contributed by atoms with Gasteiger partial charge >= 0.3 is 6.01 Å². The predicted octanol–water partition coefficient (Wildman–Crippen LogP) is 0.0789. The van der Waals surface area contributed by atoms with Crippen molar-refractivity contribution < 1.29 is 5.11 Å². The van der Waals surface area contributed by atoms with E-state index in [1.165, 1.54) is 6.33 Å². The van der Waals surface area contributed by atoms with Crippen LogP contribution in [0.5, 0.6) is 6.01 Å². The average Bonchev–Trinajstić information content (AvgIpc) is 2.34. The number of fused-ring (bicyclic) bond motifs is 1. The number of aromatic amines is 1. The quantitative estimate of drug-likeness (QED) is 0.555. The van der Waals surface area contributed by atoms with Gasteiger partial charge in [0, 0.05) is 0 Å². The predicted molar refractivity (Wildman–Crippen MR) is 36.2 cm³/mol. The van der Waals surface area contributed by atoms with Crippen LogP contribution in [0.3, 0.4) is 0 Å². The number of imidazole rings is 1. The van der Waals surface area contributed by atoms with Crippen LogP contribution >= 0.6 is 0 Å². The van der Waals surface area contributed by atoms with Gasteiger partial charge in [0.2, 0.25) is 0 Å². The number of nitrogens with two attached hydrogens (primary N) is 1. The number of nitrogens with zero attached hydrogens (tertiary/aromatic N) is 3. The first-order valence-electron chi connectivity index (χ1n) is 2.91. The summed E-state index contributed by atoms with van der Waals surface area (Å²) in [4.78, 5) is 13.4. The highest BCUT2D eigenvalue weighted by atomic mass is 16.3. The maximum Gasteiger partial charge on any atom is 0.371 e. The second-order valence-electron chi connectivity index (χ2n) is 1.99. The summed E-state index contributed by atoms with van der Waals surface area (Å²) in [5.74, 6) is 0.112. The van der Waals surface area contributed by atoms with Gasteiger partial charge in [-0.15, -0.1) is 0 Å². The van der Waals surface area contributed by atoms with Crippen LogP contribution in [-0.4, -0.2) is 19.9 Å². The number of anilines is 1. The number of aromatic nitrogens is 4. The molecule has 1 radical (unpaired) electrons. The Balaban J connectivity index is 2.91. The van der Waals surface area contributed by atoms with E-state index in [2.05, 4.69) is 19.9 Å². The van der Waals surface area contributed by atoms with Gasteiger partial charge in [-0.1, -0.05) is 0 Å². The molecule has 0 saturated carbocycles. The zero-order valence-corrected chi connectivity index (χ0v) is 5.40. The van der Waals surface area contributed by atoms with Crippen molar-refractivity contribution in [1.29, 1.82) is 0 Å². The standard InChI is InChI=1S/C5H4N5O/c6-3-2-4(8-1-7-2)10-5(11)9-3/h1H,(H3,6,7,8,9,10). The van der Waals surface area contributed by atoms with E-state index in [1.807, 2.05) is 0 Å². The third-order valence-electron chi connectivity index (χ3n) is 1.29. The third-order valence-corrected chi connectivity index (χ3v) is 1.29. The SMILES string of the molecule is Nc1nc([O])nc2[nH]cnc12. The Morgan fingerprint density at radius 1 is 1.45 bits per heavy atom. The molecule has 55 valence electrons. The number of H-pyrrole nitrogens is 1. The molecule has 11 heavy (non-hydrogen) atoms. The van der Waals surface area contributed by atoms with Gasteiger partial charge in [0.15, 0.2) is 11.5 Å². The van der Waals surface area contributed by atoms with E-state index in [0.29, 0.717) is 11.2 Å². The summed E-state index contributed by atoms with van der Waals surface area (Å²) in [5.41, 5.74) is 6.18.